The molecule has 1 heterocycles. The van der Waals surface area contributed by atoms with Gasteiger partial charge in [0.1, 0.15) is 4.60 Å². The Morgan fingerprint density at radius 3 is 2.67 bits per heavy atom. The van der Waals surface area contributed by atoms with Crippen LogP contribution < -0.4 is 10.5 Å². The Morgan fingerprint density at radius 2 is 2.27 bits per heavy atom. The number of carbonyl (C=O) groups excluding carboxylic acids is 1. The summed E-state index contributed by atoms with van der Waals surface area (Å²) in [5.74, 6) is -1.06. The third kappa shape index (κ3) is 2.23. The van der Waals surface area contributed by atoms with Crippen molar-refractivity contribution in [3.8, 4) is 5.75 Å². The van der Waals surface area contributed by atoms with E-state index in [2.05, 4.69) is 20.9 Å². The Labute approximate surface area is 92.6 Å². The van der Waals surface area contributed by atoms with Crippen LogP contribution in [-0.4, -0.2) is 18.0 Å². The molecule has 1 amide bonds. The van der Waals surface area contributed by atoms with E-state index in [0.29, 0.717) is 0 Å². The van der Waals surface area contributed by atoms with E-state index in [1.807, 2.05) is 0 Å². The summed E-state index contributed by atoms with van der Waals surface area (Å²) in [6.45, 7) is 0. The van der Waals surface area contributed by atoms with Crippen LogP contribution in [-0.2, 0) is 0 Å². The van der Waals surface area contributed by atoms with Gasteiger partial charge >= 0.3 is 0 Å². The molecule has 2 N–H and O–H groups in total. The summed E-state index contributed by atoms with van der Waals surface area (Å²) < 4.78 is 30.0. The Bertz CT molecular complexity index is 398. The number of alkyl halides is 2. The van der Waals surface area contributed by atoms with Gasteiger partial charge in [0.15, 0.2) is 5.75 Å². The van der Waals surface area contributed by atoms with E-state index in [-0.39, 0.29) is 15.9 Å². The van der Waals surface area contributed by atoms with E-state index in [9.17, 15) is 13.6 Å². The van der Waals surface area contributed by atoms with Crippen LogP contribution in [0.25, 0.3) is 0 Å². The number of primary amides is 1. The summed E-state index contributed by atoms with van der Waals surface area (Å²) >= 11 is 2.97. The van der Waals surface area contributed by atoms with Crippen molar-refractivity contribution in [2.24, 2.45) is 5.73 Å². The van der Waals surface area contributed by atoms with Gasteiger partial charge < -0.3 is 10.5 Å². The minimum Gasteiger partial charge on any atom is -0.493 e. The number of hydrogen-bond donors (Lipinski definition) is 1. The zero-order valence-electron chi connectivity index (χ0n) is 7.63. The van der Waals surface area contributed by atoms with Gasteiger partial charge in [-0.2, -0.15) is 0 Å². The molecule has 15 heavy (non-hydrogen) atoms. The summed E-state index contributed by atoms with van der Waals surface area (Å²) in [5, 5.41) is 0. The molecule has 1 rings (SSSR count). The minimum atomic E-state index is -2.83. The van der Waals surface area contributed by atoms with Crippen LogP contribution in [0.15, 0.2) is 10.8 Å². The van der Waals surface area contributed by atoms with Gasteiger partial charge in [-0.1, -0.05) is 0 Å². The van der Waals surface area contributed by atoms with Gasteiger partial charge in [0.05, 0.1) is 18.2 Å². The number of pyridine rings is 1. The summed E-state index contributed by atoms with van der Waals surface area (Å²) in [4.78, 5) is 14.6. The van der Waals surface area contributed by atoms with Crippen LogP contribution in [0.1, 0.15) is 22.3 Å². The van der Waals surface area contributed by atoms with Gasteiger partial charge in [0, 0.05) is 6.20 Å². The highest BCUT2D eigenvalue weighted by molar-refractivity contribution is 9.10. The van der Waals surface area contributed by atoms with Crippen molar-refractivity contribution in [3.05, 3.63) is 21.9 Å². The summed E-state index contributed by atoms with van der Waals surface area (Å²) in [5.41, 5.74) is 4.11. The van der Waals surface area contributed by atoms with E-state index in [1.54, 1.807) is 0 Å². The van der Waals surface area contributed by atoms with E-state index in [4.69, 9.17) is 10.5 Å². The predicted octanol–water partition coefficient (Wildman–Crippen LogP) is 1.89. The SMILES string of the molecule is COc1c(Br)ncc(C(F)F)c1C(N)=O. The molecule has 0 aliphatic carbocycles. The lowest BCUT2D eigenvalue weighted by Gasteiger charge is -2.11. The third-order valence-corrected chi connectivity index (χ3v) is 2.27. The maximum Gasteiger partial charge on any atom is 0.266 e. The molecule has 0 spiro atoms. The number of rotatable bonds is 3. The number of nitrogens with two attached hydrogens (primary N) is 1. The van der Waals surface area contributed by atoms with Crippen molar-refractivity contribution < 1.29 is 18.3 Å². The van der Waals surface area contributed by atoms with E-state index in [1.165, 1.54) is 7.11 Å². The van der Waals surface area contributed by atoms with Gasteiger partial charge in [-0.05, 0) is 15.9 Å². The van der Waals surface area contributed by atoms with Gasteiger partial charge in [-0.15, -0.1) is 0 Å². The summed E-state index contributed by atoms with van der Waals surface area (Å²) in [6, 6.07) is 0. The molecule has 0 aliphatic rings. The standard InChI is InChI=1S/C8H7BrF2N2O2/c1-15-5-4(8(12)14)3(7(10)11)2-13-6(5)9/h2,7H,1H3,(H2,12,14). The Kier molecular flexibility index (Phi) is 3.57. The van der Waals surface area contributed by atoms with Crippen molar-refractivity contribution >= 4 is 21.8 Å². The molecular formula is C8H7BrF2N2O2. The van der Waals surface area contributed by atoms with Gasteiger partial charge in [0.2, 0.25) is 0 Å². The fourth-order valence-corrected chi connectivity index (χ4v) is 1.55. The number of halogens is 3. The second kappa shape index (κ2) is 4.52. The van der Waals surface area contributed by atoms with Crippen molar-refractivity contribution in [3.63, 3.8) is 0 Å². The number of amides is 1. The average molecular weight is 281 g/mol. The average Bonchev–Trinajstić information content (AvgIpc) is 2.16. The molecule has 0 aromatic carbocycles. The van der Waals surface area contributed by atoms with Crippen LogP contribution in [0.5, 0.6) is 5.75 Å². The predicted molar refractivity (Wildman–Crippen MR) is 52.0 cm³/mol. The monoisotopic (exact) mass is 280 g/mol. The van der Waals surface area contributed by atoms with Gasteiger partial charge in [0.25, 0.3) is 12.3 Å². The first-order valence-corrected chi connectivity index (χ1v) is 4.58. The second-order valence-electron chi connectivity index (χ2n) is 2.58. The Balaban J connectivity index is 3.49. The highest BCUT2D eigenvalue weighted by Gasteiger charge is 2.23. The number of methoxy groups -OCH3 is 1. The van der Waals surface area contributed by atoms with Crippen molar-refractivity contribution in [2.75, 3.05) is 7.11 Å². The van der Waals surface area contributed by atoms with Gasteiger partial charge in [-0.3, -0.25) is 4.79 Å². The first-order valence-electron chi connectivity index (χ1n) is 3.79. The van der Waals surface area contributed by atoms with Crippen molar-refractivity contribution in [1.29, 1.82) is 0 Å². The van der Waals surface area contributed by atoms with Crippen LogP contribution in [0, 0.1) is 0 Å². The molecule has 1 aromatic rings. The zero-order valence-corrected chi connectivity index (χ0v) is 9.22. The third-order valence-electron chi connectivity index (χ3n) is 1.71. The van der Waals surface area contributed by atoms with Crippen LogP contribution in [0.2, 0.25) is 0 Å². The molecule has 0 fully saturated rings. The zero-order chi connectivity index (χ0) is 11.6. The number of ether oxygens (including phenoxy) is 1. The lowest BCUT2D eigenvalue weighted by atomic mass is 10.1. The normalized spacial score (nSPS) is 10.5. The Hall–Kier alpha value is -1.24. The molecule has 0 atom stereocenters. The highest BCUT2D eigenvalue weighted by atomic mass is 79.9. The molecular weight excluding hydrogens is 274 g/mol. The lowest BCUT2D eigenvalue weighted by molar-refractivity contribution is 0.0981. The second-order valence-corrected chi connectivity index (χ2v) is 3.33. The van der Waals surface area contributed by atoms with E-state index >= 15 is 0 Å². The van der Waals surface area contributed by atoms with Gasteiger partial charge in [-0.25, -0.2) is 13.8 Å². The molecule has 0 bridgehead atoms. The van der Waals surface area contributed by atoms with Crippen molar-refractivity contribution in [2.45, 2.75) is 6.43 Å². The maximum atomic E-state index is 12.5. The number of aromatic nitrogens is 1. The fraction of sp³-hybridized carbons (Fsp3) is 0.250. The molecule has 1 aromatic heterocycles. The van der Waals surface area contributed by atoms with Crippen LogP contribution >= 0.6 is 15.9 Å². The first kappa shape index (κ1) is 11.8. The quantitative estimate of drug-likeness (QED) is 0.860. The molecule has 0 unspecified atom stereocenters. The van der Waals surface area contributed by atoms with E-state index in [0.717, 1.165) is 6.20 Å². The first-order chi connectivity index (χ1) is 6.99. The Morgan fingerprint density at radius 1 is 1.67 bits per heavy atom. The maximum absolute atomic E-state index is 12.5. The van der Waals surface area contributed by atoms with E-state index < -0.39 is 17.9 Å². The summed E-state index contributed by atoms with van der Waals surface area (Å²) in [7, 11) is 1.24. The molecule has 4 nitrogen and oxygen atoms in total. The molecule has 0 saturated heterocycles. The number of hydrogen-bond acceptors (Lipinski definition) is 3. The molecule has 0 aliphatic heterocycles. The smallest absolute Gasteiger partial charge is 0.266 e. The van der Waals surface area contributed by atoms with Crippen LogP contribution in [0.3, 0.4) is 0 Å². The molecule has 7 heteroatoms. The number of carbonyl (C=O) groups is 1. The topological polar surface area (TPSA) is 65.2 Å². The fourth-order valence-electron chi connectivity index (χ4n) is 1.09. The lowest BCUT2D eigenvalue weighted by Crippen LogP contribution is -2.16. The number of nitrogens with zero attached hydrogens (tertiary/aromatic N) is 1. The highest BCUT2D eigenvalue weighted by Crippen LogP contribution is 2.33. The molecule has 0 saturated carbocycles. The summed E-state index contributed by atoms with van der Waals surface area (Å²) in [6.07, 6.45) is -1.95. The van der Waals surface area contributed by atoms with Crippen molar-refractivity contribution in [1.82, 2.24) is 4.98 Å². The van der Waals surface area contributed by atoms with Crippen LogP contribution in [0.4, 0.5) is 8.78 Å². The largest absolute Gasteiger partial charge is 0.493 e. The molecule has 0 radical (unpaired) electrons. The molecule has 82 valence electrons. The minimum absolute atomic E-state index is 0.0831.